The van der Waals surface area contributed by atoms with Crippen molar-refractivity contribution < 1.29 is 9.21 Å². The van der Waals surface area contributed by atoms with Crippen molar-refractivity contribution in [1.29, 1.82) is 0 Å². The number of oxazole rings is 1. The maximum Gasteiger partial charge on any atom is 0.195 e. The van der Waals surface area contributed by atoms with Gasteiger partial charge in [-0.3, -0.25) is 4.79 Å². The molecule has 0 atom stereocenters. The van der Waals surface area contributed by atoms with Crippen LogP contribution in [0.1, 0.15) is 42.8 Å². The van der Waals surface area contributed by atoms with Crippen molar-refractivity contribution in [2.75, 3.05) is 0 Å². The van der Waals surface area contributed by atoms with Gasteiger partial charge in [0.05, 0.1) is 0 Å². The topological polar surface area (TPSA) is 43.1 Å². The highest BCUT2D eigenvalue weighted by Crippen LogP contribution is 2.27. The van der Waals surface area contributed by atoms with Crippen molar-refractivity contribution in [2.24, 2.45) is 0 Å². The lowest BCUT2D eigenvalue weighted by molar-refractivity contribution is 0.110. The van der Waals surface area contributed by atoms with E-state index in [9.17, 15) is 4.79 Å². The summed E-state index contributed by atoms with van der Waals surface area (Å²) in [6, 6.07) is 8.08. The summed E-state index contributed by atoms with van der Waals surface area (Å²) < 4.78 is 5.24. The van der Waals surface area contributed by atoms with Crippen molar-refractivity contribution in [3.63, 3.8) is 0 Å². The van der Waals surface area contributed by atoms with Gasteiger partial charge in [-0.2, -0.15) is 0 Å². The third-order valence-electron chi connectivity index (χ3n) is 2.89. The molecule has 2 rings (SSSR count). The van der Waals surface area contributed by atoms with E-state index in [4.69, 9.17) is 4.42 Å². The van der Waals surface area contributed by atoms with E-state index in [1.165, 1.54) is 5.56 Å². The van der Waals surface area contributed by atoms with Crippen LogP contribution in [0.15, 0.2) is 28.7 Å². The molecule has 18 heavy (non-hydrogen) atoms. The first-order valence-electron chi connectivity index (χ1n) is 5.95. The van der Waals surface area contributed by atoms with Crippen LogP contribution in [0.2, 0.25) is 0 Å². The Balaban J connectivity index is 2.43. The highest BCUT2D eigenvalue weighted by molar-refractivity contribution is 5.82. The van der Waals surface area contributed by atoms with Gasteiger partial charge in [-0.15, -0.1) is 0 Å². The third-order valence-corrected chi connectivity index (χ3v) is 2.89. The van der Waals surface area contributed by atoms with Gasteiger partial charge in [0.25, 0.3) is 0 Å². The maximum atomic E-state index is 10.9. The quantitative estimate of drug-likeness (QED) is 0.754. The fraction of sp³-hybridized carbons (Fsp3) is 0.333. The Labute approximate surface area is 107 Å². The molecule has 0 aliphatic rings. The molecular weight excluding hydrogens is 226 g/mol. The predicted octanol–water partition coefficient (Wildman–Crippen LogP) is 3.76. The first-order valence-corrected chi connectivity index (χ1v) is 5.95. The fourth-order valence-electron chi connectivity index (χ4n) is 1.86. The molecule has 1 heterocycles. The van der Waals surface area contributed by atoms with Gasteiger partial charge in [-0.1, -0.05) is 45.0 Å². The zero-order chi connectivity index (χ0) is 13.3. The molecule has 0 fully saturated rings. The lowest BCUT2D eigenvalue weighted by Gasteiger charge is -2.18. The minimum absolute atomic E-state index is 0.117. The van der Waals surface area contributed by atoms with Gasteiger partial charge in [0.15, 0.2) is 17.9 Å². The number of hydrogen-bond acceptors (Lipinski definition) is 3. The van der Waals surface area contributed by atoms with Gasteiger partial charge in [0, 0.05) is 12.5 Å². The lowest BCUT2D eigenvalue weighted by Crippen LogP contribution is -2.10. The molecule has 0 unspecified atom stereocenters. The number of aldehydes is 1. The molecule has 0 aliphatic heterocycles. The molecule has 94 valence electrons. The fourth-order valence-corrected chi connectivity index (χ4v) is 1.86. The molecule has 0 spiro atoms. The Morgan fingerprint density at radius 1 is 1.17 bits per heavy atom. The number of carbonyl (C=O) groups excluding carboxylic acids is 1. The molecule has 0 amide bonds. The Kier molecular flexibility index (Phi) is 3.07. The lowest BCUT2D eigenvalue weighted by atomic mass is 9.86. The van der Waals surface area contributed by atoms with Crippen molar-refractivity contribution in [1.82, 2.24) is 4.98 Å². The van der Waals surface area contributed by atoms with E-state index < -0.39 is 0 Å². The van der Waals surface area contributed by atoms with Crippen molar-refractivity contribution in [3.05, 3.63) is 41.5 Å². The standard InChI is InChI=1S/C15H17NO2/c1-10-16-14(13(9-17)18-10)11-5-7-12(8-6-11)15(2,3)4/h5-9H,1-4H3. The summed E-state index contributed by atoms with van der Waals surface area (Å²) in [5, 5.41) is 0. The van der Waals surface area contributed by atoms with E-state index in [1.54, 1.807) is 6.92 Å². The molecule has 1 aromatic heterocycles. The number of rotatable bonds is 2. The van der Waals surface area contributed by atoms with Crippen LogP contribution in [0.5, 0.6) is 0 Å². The summed E-state index contributed by atoms with van der Waals surface area (Å²) in [5.41, 5.74) is 2.88. The number of benzene rings is 1. The minimum Gasteiger partial charge on any atom is -0.438 e. The molecule has 3 heteroatoms. The number of aromatic nitrogens is 1. The minimum atomic E-state index is 0.117. The summed E-state index contributed by atoms with van der Waals surface area (Å²) in [4.78, 5) is 15.2. The normalized spacial score (nSPS) is 11.6. The summed E-state index contributed by atoms with van der Waals surface area (Å²) in [6.07, 6.45) is 0.701. The zero-order valence-electron chi connectivity index (χ0n) is 11.2. The van der Waals surface area contributed by atoms with E-state index in [2.05, 4.69) is 37.9 Å². The van der Waals surface area contributed by atoms with Crippen LogP contribution >= 0.6 is 0 Å². The molecular formula is C15H17NO2. The van der Waals surface area contributed by atoms with Crippen LogP contribution in [0.4, 0.5) is 0 Å². The monoisotopic (exact) mass is 243 g/mol. The maximum absolute atomic E-state index is 10.9. The molecule has 0 aliphatic carbocycles. The van der Waals surface area contributed by atoms with Gasteiger partial charge >= 0.3 is 0 Å². The van der Waals surface area contributed by atoms with E-state index in [-0.39, 0.29) is 11.2 Å². The third kappa shape index (κ3) is 2.35. The average Bonchev–Trinajstić information content (AvgIpc) is 2.69. The van der Waals surface area contributed by atoms with E-state index in [0.29, 0.717) is 17.9 Å². The molecule has 1 aromatic carbocycles. The Bertz CT molecular complexity index is 559. The van der Waals surface area contributed by atoms with Gasteiger partial charge in [-0.05, 0) is 11.0 Å². The molecule has 3 nitrogen and oxygen atoms in total. The van der Waals surface area contributed by atoms with Gasteiger partial charge in [0.2, 0.25) is 0 Å². The largest absolute Gasteiger partial charge is 0.438 e. The van der Waals surface area contributed by atoms with Crippen LogP contribution < -0.4 is 0 Å². The molecule has 0 saturated heterocycles. The molecule has 0 N–H and O–H groups in total. The van der Waals surface area contributed by atoms with E-state index in [0.717, 1.165) is 5.56 Å². The second-order valence-electron chi connectivity index (χ2n) is 5.39. The number of carbonyl (C=O) groups is 1. The van der Waals surface area contributed by atoms with Crippen molar-refractivity contribution >= 4 is 6.29 Å². The van der Waals surface area contributed by atoms with Crippen molar-refractivity contribution in [3.8, 4) is 11.3 Å². The highest BCUT2D eigenvalue weighted by atomic mass is 16.4. The number of hydrogen-bond donors (Lipinski definition) is 0. The van der Waals surface area contributed by atoms with E-state index in [1.807, 2.05) is 12.1 Å². The predicted molar refractivity (Wildman–Crippen MR) is 70.8 cm³/mol. The SMILES string of the molecule is Cc1nc(-c2ccc(C(C)(C)C)cc2)c(C=O)o1. The second kappa shape index (κ2) is 4.41. The first-order chi connectivity index (χ1) is 8.41. The Morgan fingerprint density at radius 2 is 1.78 bits per heavy atom. The summed E-state index contributed by atoms with van der Waals surface area (Å²) in [7, 11) is 0. The number of nitrogens with zero attached hydrogens (tertiary/aromatic N) is 1. The van der Waals surface area contributed by atoms with Gasteiger partial charge < -0.3 is 4.42 Å². The summed E-state index contributed by atoms with van der Waals surface area (Å²) in [5.74, 6) is 0.794. The van der Waals surface area contributed by atoms with Crippen LogP contribution in [0.25, 0.3) is 11.3 Å². The average molecular weight is 243 g/mol. The number of aryl methyl sites for hydroxylation is 1. The van der Waals surface area contributed by atoms with Crippen LogP contribution in [0.3, 0.4) is 0 Å². The summed E-state index contributed by atoms with van der Waals surface area (Å²) in [6.45, 7) is 8.23. The van der Waals surface area contributed by atoms with Gasteiger partial charge in [-0.25, -0.2) is 4.98 Å². The van der Waals surface area contributed by atoms with Crippen LogP contribution in [0, 0.1) is 6.92 Å². The van der Waals surface area contributed by atoms with Crippen LogP contribution in [-0.4, -0.2) is 11.3 Å². The Hall–Kier alpha value is -1.90. The molecule has 0 radical (unpaired) electrons. The molecule has 2 aromatic rings. The van der Waals surface area contributed by atoms with E-state index >= 15 is 0 Å². The first kappa shape index (κ1) is 12.6. The zero-order valence-corrected chi connectivity index (χ0v) is 11.2. The van der Waals surface area contributed by atoms with Gasteiger partial charge in [0.1, 0.15) is 5.69 Å². The second-order valence-corrected chi connectivity index (χ2v) is 5.39. The van der Waals surface area contributed by atoms with Crippen LogP contribution in [-0.2, 0) is 5.41 Å². The Morgan fingerprint density at radius 3 is 2.28 bits per heavy atom. The highest BCUT2D eigenvalue weighted by Gasteiger charge is 2.15. The summed E-state index contributed by atoms with van der Waals surface area (Å²) >= 11 is 0. The molecule has 0 saturated carbocycles. The van der Waals surface area contributed by atoms with Crippen molar-refractivity contribution in [2.45, 2.75) is 33.1 Å². The molecule has 0 bridgehead atoms. The smallest absolute Gasteiger partial charge is 0.195 e.